The average Bonchev–Trinajstić information content (AvgIpc) is 3.65. The van der Waals surface area contributed by atoms with Gasteiger partial charge >= 0.3 is 12.1 Å². The molecule has 1 fully saturated rings. The SMILES string of the molecule is COc1ccc(CN2Cc3c(F)c(N[C@@H]4CCCC[C@@H]4CC(=O)OC(C)(C)C)nc(-c4cnc(NC(=O)OCC(C)C)s4)c3C2=O)c(OC)c1. The number of benzene rings is 1. The minimum absolute atomic E-state index is 0.00315. The van der Waals surface area contributed by atoms with Gasteiger partial charge in [0.2, 0.25) is 0 Å². The van der Waals surface area contributed by atoms with Crippen molar-refractivity contribution in [3.8, 4) is 22.1 Å². The fraction of sp³-hybridized carbons (Fsp3) is 0.528. The van der Waals surface area contributed by atoms with Gasteiger partial charge in [-0.2, -0.15) is 0 Å². The zero-order valence-corrected chi connectivity index (χ0v) is 30.5. The van der Waals surface area contributed by atoms with Crippen molar-refractivity contribution in [2.75, 3.05) is 31.5 Å². The number of methoxy groups -OCH3 is 2. The van der Waals surface area contributed by atoms with Gasteiger partial charge in [-0.1, -0.05) is 38.0 Å². The second-order valence-electron chi connectivity index (χ2n) is 14.0. The molecule has 5 rings (SSSR count). The van der Waals surface area contributed by atoms with Crippen LogP contribution in [0.5, 0.6) is 11.5 Å². The molecule has 1 aliphatic carbocycles. The molecule has 1 saturated carbocycles. The molecule has 3 aromatic rings. The Balaban J connectivity index is 1.48. The van der Waals surface area contributed by atoms with Crippen molar-refractivity contribution < 1.29 is 37.7 Å². The van der Waals surface area contributed by atoms with Gasteiger partial charge in [0.1, 0.15) is 17.1 Å². The lowest BCUT2D eigenvalue weighted by Crippen LogP contribution is -2.36. The van der Waals surface area contributed by atoms with Gasteiger partial charge in [-0.05, 0) is 57.6 Å². The van der Waals surface area contributed by atoms with Gasteiger partial charge in [-0.25, -0.2) is 19.2 Å². The lowest BCUT2D eigenvalue weighted by atomic mass is 9.82. The highest BCUT2D eigenvalue weighted by molar-refractivity contribution is 7.19. The van der Waals surface area contributed by atoms with E-state index in [2.05, 4.69) is 15.6 Å². The predicted molar refractivity (Wildman–Crippen MR) is 188 cm³/mol. The molecule has 1 aliphatic heterocycles. The van der Waals surface area contributed by atoms with Gasteiger partial charge < -0.3 is 29.2 Å². The number of nitrogens with one attached hydrogen (secondary N) is 2. The first-order valence-corrected chi connectivity index (χ1v) is 17.7. The molecule has 2 aliphatic rings. The normalized spacial score (nSPS) is 17.4. The van der Waals surface area contributed by atoms with Crippen molar-refractivity contribution in [1.29, 1.82) is 0 Å². The number of halogens is 1. The number of pyridine rings is 1. The fourth-order valence-electron chi connectivity index (χ4n) is 6.22. The number of fused-ring (bicyclic) bond motifs is 1. The van der Waals surface area contributed by atoms with E-state index in [4.69, 9.17) is 23.9 Å². The maximum atomic E-state index is 16.6. The van der Waals surface area contributed by atoms with Crippen molar-refractivity contribution in [2.45, 2.75) is 91.5 Å². The molecule has 50 heavy (non-hydrogen) atoms. The molecular formula is C36H46FN5O7S. The van der Waals surface area contributed by atoms with Crippen LogP contribution in [0.2, 0.25) is 0 Å². The summed E-state index contributed by atoms with van der Waals surface area (Å²) in [5.41, 5.74) is 0.692. The van der Waals surface area contributed by atoms with Crippen molar-refractivity contribution in [3.05, 3.63) is 46.9 Å². The van der Waals surface area contributed by atoms with E-state index in [1.165, 1.54) is 13.3 Å². The van der Waals surface area contributed by atoms with Crippen LogP contribution < -0.4 is 20.1 Å². The molecule has 2 aromatic heterocycles. The van der Waals surface area contributed by atoms with E-state index in [9.17, 15) is 14.4 Å². The van der Waals surface area contributed by atoms with Crippen molar-refractivity contribution in [1.82, 2.24) is 14.9 Å². The van der Waals surface area contributed by atoms with Gasteiger partial charge in [0.05, 0.1) is 49.9 Å². The third-order valence-corrected chi connectivity index (χ3v) is 9.44. The molecule has 0 bridgehead atoms. The number of aromatic nitrogens is 2. The van der Waals surface area contributed by atoms with E-state index in [1.807, 2.05) is 40.7 Å². The summed E-state index contributed by atoms with van der Waals surface area (Å²) >= 11 is 1.11. The molecule has 270 valence electrons. The smallest absolute Gasteiger partial charge is 0.413 e. The summed E-state index contributed by atoms with van der Waals surface area (Å²) in [6, 6.07) is 5.07. The largest absolute Gasteiger partial charge is 0.497 e. The maximum Gasteiger partial charge on any atom is 0.413 e. The van der Waals surface area contributed by atoms with Crippen LogP contribution in [-0.4, -0.2) is 65.3 Å². The summed E-state index contributed by atoms with van der Waals surface area (Å²) in [6.45, 7) is 9.74. The van der Waals surface area contributed by atoms with Crippen LogP contribution in [0.3, 0.4) is 0 Å². The Morgan fingerprint density at radius 2 is 1.90 bits per heavy atom. The van der Waals surface area contributed by atoms with Gasteiger partial charge in [0.15, 0.2) is 16.8 Å². The minimum Gasteiger partial charge on any atom is -0.497 e. The Morgan fingerprint density at radius 3 is 2.60 bits per heavy atom. The number of rotatable bonds is 12. The summed E-state index contributed by atoms with van der Waals surface area (Å²) in [5.74, 6) is -0.122. The first-order valence-electron chi connectivity index (χ1n) is 16.9. The summed E-state index contributed by atoms with van der Waals surface area (Å²) in [7, 11) is 3.09. The average molecular weight is 712 g/mol. The molecule has 14 heteroatoms. The number of anilines is 2. The van der Waals surface area contributed by atoms with Gasteiger partial charge in [0, 0.05) is 36.0 Å². The first-order chi connectivity index (χ1) is 23.8. The number of carbonyl (C=O) groups is 3. The third kappa shape index (κ3) is 8.82. The number of hydrogen-bond acceptors (Lipinski definition) is 11. The summed E-state index contributed by atoms with van der Waals surface area (Å²) in [6.07, 6.45) is 4.41. The monoisotopic (exact) mass is 711 g/mol. The highest BCUT2D eigenvalue weighted by Gasteiger charge is 2.38. The van der Waals surface area contributed by atoms with Gasteiger partial charge in [-0.15, -0.1) is 0 Å². The number of hydrogen-bond donors (Lipinski definition) is 2. The van der Waals surface area contributed by atoms with Crippen molar-refractivity contribution >= 4 is 40.3 Å². The second kappa shape index (κ2) is 15.6. The Bertz CT molecular complexity index is 1720. The standard InChI is InChI=1S/C36H46FN5O7S/c1-20(2)19-48-35(45)41-34-38-16-27(50-34)31-29-24(18-42(33(29)44)17-22-12-13-23(46-6)15-26(22)47-7)30(37)32(40-31)39-25-11-9-8-10-21(25)14-28(43)49-36(3,4)5/h12-13,15-16,20-21,25H,8-11,14,17-19H2,1-7H3,(H,39,40)(H,38,41,45)/t21-,25-/m1/s1. The van der Waals surface area contributed by atoms with E-state index in [0.717, 1.165) is 42.6 Å². The highest BCUT2D eigenvalue weighted by atomic mass is 32.1. The van der Waals surface area contributed by atoms with Crippen LogP contribution in [0.4, 0.5) is 20.1 Å². The van der Waals surface area contributed by atoms with Crippen LogP contribution in [0, 0.1) is 17.7 Å². The quantitative estimate of drug-likeness (QED) is 0.182. The third-order valence-electron chi connectivity index (χ3n) is 8.52. The Hall–Kier alpha value is -4.46. The summed E-state index contributed by atoms with van der Waals surface area (Å²) in [5, 5.41) is 6.20. The van der Waals surface area contributed by atoms with Crippen LogP contribution in [0.25, 0.3) is 10.6 Å². The molecule has 0 spiro atoms. The number of nitrogens with zero attached hydrogens (tertiary/aromatic N) is 3. The second-order valence-corrected chi connectivity index (χ2v) is 15.1. The molecular weight excluding hydrogens is 665 g/mol. The van der Waals surface area contributed by atoms with E-state index in [1.54, 1.807) is 24.1 Å². The van der Waals surface area contributed by atoms with Crippen LogP contribution in [-0.2, 0) is 27.4 Å². The first kappa shape index (κ1) is 36.8. The van der Waals surface area contributed by atoms with Gasteiger partial charge in [-0.3, -0.25) is 14.9 Å². The van der Waals surface area contributed by atoms with E-state index in [-0.39, 0.29) is 77.7 Å². The van der Waals surface area contributed by atoms with Gasteiger partial charge in [0.25, 0.3) is 5.91 Å². The van der Waals surface area contributed by atoms with E-state index < -0.39 is 23.4 Å². The molecule has 1 aromatic carbocycles. The van der Waals surface area contributed by atoms with Crippen LogP contribution >= 0.6 is 11.3 Å². The zero-order chi connectivity index (χ0) is 36.2. The molecule has 2 atom stereocenters. The zero-order valence-electron chi connectivity index (χ0n) is 29.7. The molecule has 2 amide bonds. The summed E-state index contributed by atoms with van der Waals surface area (Å²) < 4.78 is 38.3. The minimum atomic E-state index is -0.650. The van der Waals surface area contributed by atoms with Crippen molar-refractivity contribution in [3.63, 3.8) is 0 Å². The number of carbonyl (C=O) groups excluding carboxylic acids is 3. The fourth-order valence-corrected chi connectivity index (χ4v) is 7.02. The highest BCUT2D eigenvalue weighted by Crippen LogP contribution is 2.41. The predicted octanol–water partition coefficient (Wildman–Crippen LogP) is 7.42. The molecule has 0 unspecified atom stereocenters. The Labute approximate surface area is 296 Å². The molecule has 3 heterocycles. The van der Waals surface area contributed by atoms with Crippen LogP contribution in [0.15, 0.2) is 24.4 Å². The Kier molecular flexibility index (Phi) is 11.5. The molecule has 0 radical (unpaired) electrons. The molecule has 12 nitrogen and oxygen atoms in total. The number of thiazole rings is 1. The molecule has 2 N–H and O–H groups in total. The lowest BCUT2D eigenvalue weighted by molar-refractivity contribution is -0.156. The van der Waals surface area contributed by atoms with Crippen LogP contribution in [0.1, 0.15) is 88.2 Å². The topological polar surface area (TPSA) is 141 Å². The summed E-state index contributed by atoms with van der Waals surface area (Å²) in [4.78, 5) is 50.3. The Morgan fingerprint density at radius 1 is 1.14 bits per heavy atom. The molecule has 0 saturated heterocycles. The van der Waals surface area contributed by atoms with E-state index in [0.29, 0.717) is 16.4 Å². The maximum absolute atomic E-state index is 16.6. The number of esters is 1. The lowest BCUT2D eigenvalue weighted by Gasteiger charge is -2.33. The van der Waals surface area contributed by atoms with Crippen molar-refractivity contribution in [2.24, 2.45) is 11.8 Å². The number of amides is 2. The van der Waals surface area contributed by atoms with E-state index >= 15 is 4.39 Å². The number of ether oxygens (including phenoxy) is 4.